The second-order valence-electron chi connectivity index (χ2n) is 13.8. The lowest BCUT2D eigenvalue weighted by Crippen LogP contribution is -2.43. The number of imidazole rings is 1. The molecule has 2 N–H and O–H groups in total. The predicted molar refractivity (Wildman–Crippen MR) is 181 cm³/mol. The summed E-state index contributed by atoms with van der Waals surface area (Å²) in [7, 11) is 3.83. The molecule has 4 rings (SSSR count). The van der Waals surface area contributed by atoms with Gasteiger partial charge in [0.25, 0.3) is 11.8 Å². The number of carbonyl (C=O) groups excluding carboxylic acids is 2. The van der Waals surface area contributed by atoms with Crippen LogP contribution in [-0.2, 0) is 11.3 Å². The molecule has 9 nitrogen and oxygen atoms in total. The zero-order chi connectivity index (χ0) is 33.1. The first-order valence-electron chi connectivity index (χ1n) is 15.5. The average molecular weight is 632 g/mol. The summed E-state index contributed by atoms with van der Waals surface area (Å²) in [6, 6.07) is 15.2. The lowest BCUT2D eigenvalue weighted by molar-refractivity contribution is -0.132. The number of amides is 2. The van der Waals surface area contributed by atoms with Crippen molar-refractivity contribution in [3.63, 3.8) is 0 Å². The molecule has 1 fully saturated rings. The van der Waals surface area contributed by atoms with E-state index in [1.54, 1.807) is 35.2 Å². The molecule has 2 atom stereocenters. The molecule has 10 heteroatoms. The maximum Gasteiger partial charge on any atom is 0.265 e. The van der Waals surface area contributed by atoms with Gasteiger partial charge in [0.05, 0.1) is 11.0 Å². The van der Waals surface area contributed by atoms with Gasteiger partial charge < -0.3 is 15.1 Å². The van der Waals surface area contributed by atoms with Crippen molar-refractivity contribution in [3.05, 3.63) is 70.3 Å². The van der Waals surface area contributed by atoms with Crippen LogP contribution in [0.1, 0.15) is 82.9 Å². The molecule has 1 aliphatic heterocycles. The van der Waals surface area contributed by atoms with E-state index in [0.717, 1.165) is 23.9 Å². The molecular weight excluding hydrogens is 586 g/mol. The molecule has 0 bridgehead atoms. The van der Waals surface area contributed by atoms with Crippen LogP contribution in [0.5, 0.6) is 0 Å². The van der Waals surface area contributed by atoms with Gasteiger partial charge in [-0.05, 0) is 108 Å². The van der Waals surface area contributed by atoms with E-state index in [2.05, 4.69) is 50.5 Å². The van der Waals surface area contributed by atoms with Crippen molar-refractivity contribution in [1.82, 2.24) is 24.7 Å². The molecule has 1 aliphatic rings. The molecule has 45 heavy (non-hydrogen) atoms. The Hall–Kier alpha value is -3.71. The van der Waals surface area contributed by atoms with Gasteiger partial charge in [-0.1, -0.05) is 38.4 Å². The fourth-order valence-electron chi connectivity index (χ4n) is 5.19. The molecule has 240 valence electrons. The van der Waals surface area contributed by atoms with Crippen molar-refractivity contribution in [2.45, 2.75) is 85.1 Å². The molecule has 2 amide bonds. The number of halogens is 1. The number of aromatic nitrogens is 2. The van der Waals surface area contributed by atoms with Crippen LogP contribution in [0.25, 0.3) is 11.0 Å². The highest BCUT2D eigenvalue weighted by Crippen LogP contribution is 2.35. The number of hydrogen-bond acceptors (Lipinski definition) is 6. The molecule has 0 aliphatic carbocycles. The number of carbonyl (C=O) groups is 2. The van der Waals surface area contributed by atoms with Crippen LogP contribution in [0.4, 0.5) is 5.95 Å². The van der Waals surface area contributed by atoms with Crippen LogP contribution in [0.3, 0.4) is 0 Å². The van der Waals surface area contributed by atoms with Gasteiger partial charge in [-0.15, -0.1) is 0 Å². The average Bonchev–Trinajstić information content (AvgIpc) is 3.34. The molecule has 2 heterocycles. The van der Waals surface area contributed by atoms with Crippen LogP contribution in [0.15, 0.2) is 54.1 Å². The van der Waals surface area contributed by atoms with Gasteiger partial charge in [0, 0.05) is 35.3 Å². The lowest BCUT2D eigenvalue weighted by atomic mass is 9.88. The van der Waals surface area contributed by atoms with E-state index in [1.165, 1.54) is 0 Å². The van der Waals surface area contributed by atoms with E-state index in [-0.39, 0.29) is 22.8 Å². The van der Waals surface area contributed by atoms with Gasteiger partial charge >= 0.3 is 0 Å². The Balaban J connectivity index is 1.77. The van der Waals surface area contributed by atoms with Gasteiger partial charge in [0.2, 0.25) is 5.95 Å². The fourth-order valence-corrected chi connectivity index (χ4v) is 5.32. The zero-order valence-electron chi connectivity index (χ0n) is 27.7. The van der Waals surface area contributed by atoms with Gasteiger partial charge in [0.1, 0.15) is 17.8 Å². The number of hydrogen-bond donors (Lipinski definition) is 2. The summed E-state index contributed by atoms with van der Waals surface area (Å²) in [5.74, 6) is -0.312. The van der Waals surface area contributed by atoms with Crippen LogP contribution < -0.4 is 10.6 Å². The molecule has 0 spiro atoms. The van der Waals surface area contributed by atoms with Crippen LogP contribution in [0, 0.1) is 16.7 Å². The third kappa shape index (κ3) is 7.93. The second kappa shape index (κ2) is 13.7. The molecule has 3 aromatic rings. The van der Waals surface area contributed by atoms with E-state index in [9.17, 15) is 14.9 Å². The Morgan fingerprint density at radius 1 is 1.13 bits per heavy atom. The predicted octanol–water partition coefficient (Wildman–Crippen LogP) is 6.77. The number of likely N-dealkylation sites (tertiary alicyclic amines) is 1. The number of nitrogens with zero attached hydrogens (tertiary/aromatic N) is 5. The minimum Gasteiger partial charge on any atom is -0.317 e. The Morgan fingerprint density at radius 2 is 1.82 bits per heavy atom. The number of benzene rings is 2. The van der Waals surface area contributed by atoms with E-state index < -0.39 is 11.7 Å². The number of nitrogens with one attached hydrogen (secondary N) is 2. The quantitative estimate of drug-likeness (QED) is 0.199. The third-order valence-electron chi connectivity index (χ3n) is 9.03. The van der Waals surface area contributed by atoms with Crippen LogP contribution in [-0.4, -0.2) is 63.4 Å². The largest absolute Gasteiger partial charge is 0.317 e. The Labute approximate surface area is 272 Å². The normalized spacial score (nSPS) is 17.0. The first kappa shape index (κ1) is 34.2. The summed E-state index contributed by atoms with van der Waals surface area (Å²) in [5, 5.41) is 17.2. The molecule has 1 aromatic heterocycles. The monoisotopic (exact) mass is 631 g/mol. The maximum atomic E-state index is 14.0. The first-order valence-corrected chi connectivity index (χ1v) is 15.9. The standard InChI is InChI=1S/C35H46ClN7O2/c1-23(34(2,3)4)38-22-24-12-17-29-28(19-24)39-33(40-31(44)25-13-15-27(36)16-14-25)43(29)30-11-9-10-18-42(30)32(45)26(21-37)20-35(5,6)41(7)8/h12-17,19-20,23,30,38H,9-11,18,22H2,1-8H3,(H,39,40,44)/t23-,30?/m0/s1. The Kier molecular flexibility index (Phi) is 10.4. The Bertz CT molecular complexity index is 1610. The minimum absolute atomic E-state index is 0.0955. The lowest BCUT2D eigenvalue weighted by Gasteiger charge is -2.38. The maximum absolute atomic E-state index is 14.0. The highest BCUT2D eigenvalue weighted by molar-refractivity contribution is 6.30. The number of rotatable bonds is 9. The molecule has 0 radical (unpaired) electrons. The summed E-state index contributed by atoms with van der Waals surface area (Å²) < 4.78 is 1.95. The molecule has 1 unspecified atom stereocenters. The summed E-state index contributed by atoms with van der Waals surface area (Å²) in [6.45, 7) is 13.9. The highest BCUT2D eigenvalue weighted by atomic mass is 35.5. The topological polar surface area (TPSA) is 106 Å². The molecule has 1 saturated heterocycles. The third-order valence-corrected chi connectivity index (χ3v) is 9.28. The second-order valence-corrected chi connectivity index (χ2v) is 14.2. The fraction of sp³-hybridized carbons (Fsp3) is 0.486. The van der Waals surface area contributed by atoms with Gasteiger partial charge in [-0.3, -0.25) is 19.5 Å². The van der Waals surface area contributed by atoms with E-state index in [4.69, 9.17) is 16.6 Å². The van der Waals surface area contributed by atoms with Crippen LogP contribution >= 0.6 is 11.6 Å². The molecular formula is C35H46ClN7O2. The van der Waals surface area contributed by atoms with E-state index in [1.807, 2.05) is 49.5 Å². The molecule has 0 saturated carbocycles. The summed E-state index contributed by atoms with van der Waals surface area (Å²) in [5.41, 5.74) is 2.73. The van der Waals surface area contributed by atoms with Gasteiger partial charge in [0.15, 0.2) is 0 Å². The number of likely N-dealkylation sites (N-methyl/N-ethyl adjacent to an activating group) is 1. The van der Waals surface area contributed by atoms with Crippen molar-refractivity contribution in [1.29, 1.82) is 5.26 Å². The van der Waals surface area contributed by atoms with Crippen molar-refractivity contribution in [2.75, 3.05) is 26.0 Å². The van der Waals surface area contributed by atoms with Crippen LogP contribution in [0.2, 0.25) is 5.02 Å². The number of anilines is 1. The van der Waals surface area contributed by atoms with E-state index >= 15 is 0 Å². The zero-order valence-corrected chi connectivity index (χ0v) is 28.5. The summed E-state index contributed by atoms with van der Waals surface area (Å²) in [4.78, 5) is 36.0. The highest BCUT2D eigenvalue weighted by Gasteiger charge is 2.34. The van der Waals surface area contributed by atoms with Gasteiger partial charge in [-0.25, -0.2) is 4.98 Å². The first-order chi connectivity index (χ1) is 21.1. The molecule has 2 aromatic carbocycles. The number of piperidine rings is 1. The summed E-state index contributed by atoms with van der Waals surface area (Å²) in [6.07, 6.45) is 3.65. The van der Waals surface area contributed by atoms with Gasteiger partial charge in [-0.2, -0.15) is 5.26 Å². The van der Waals surface area contributed by atoms with E-state index in [0.29, 0.717) is 47.6 Å². The summed E-state index contributed by atoms with van der Waals surface area (Å²) >= 11 is 6.06. The van der Waals surface area contributed by atoms with Crippen molar-refractivity contribution < 1.29 is 9.59 Å². The number of fused-ring (bicyclic) bond motifs is 1. The van der Waals surface area contributed by atoms with Crippen molar-refractivity contribution in [3.8, 4) is 6.07 Å². The smallest absolute Gasteiger partial charge is 0.265 e. The minimum atomic E-state index is -0.500. The SMILES string of the molecule is C[C@H](NCc1ccc2c(c1)nc(NC(=O)c1ccc(Cl)cc1)n2C1CCCCN1C(=O)C(C#N)=CC(C)(C)N(C)C)C(C)(C)C. The van der Waals surface area contributed by atoms with Crippen molar-refractivity contribution >= 4 is 40.4 Å². The van der Waals surface area contributed by atoms with Crippen molar-refractivity contribution in [2.24, 2.45) is 5.41 Å². The Morgan fingerprint density at radius 3 is 2.44 bits per heavy atom. The number of nitriles is 1.